The van der Waals surface area contributed by atoms with Gasteiger partial charge in [-0.1, -0.05) is 19.1 Å². The molecule has 1 aromatic heterocycles. The molecule has 0 spiro atoms. The topological polar surface area (TPSA) is 75.1 Å². The number of carbonyl (C=O) groups excluding carboxylic acids is 1. The largest absolute Gasteiger partial charge is 0.416 e. The van der Waals surface area contributed by atoms with Gasteiger partial charge in [0.25, 0.3) is 5.91 Å². The smallest absolute Gasteiger partial charge is 0.386 e. The first-order chi connectivity index (χ1) is 10.8. The van der Waals surface area contributed by atoms with Crippen molar-refractivity contribution < 1.29 is 23.1 Å². The minimum atomic E-state index is -4.43. The van der Waals surface area contributed by atoms with E-state index >= 15 is 0 Å². The number of carbonyl (C=O) groups is 1. The minimum Gasteiger partial charge on any atom is -0.386 e. The number of benzene rings is 1. The molecule has 0 saturated carbocycles. The van der Waals surface area contributed by atoms with E-state index < -0.39 is 29.8 Å². The number of nitrogens with one attached hydrogen (secondary N) is 1. The summed E-state index contributed by atoms with van der Waals surface area (Å²) in [6, 6.07) is 3.55. The van der Waals surface area contributed by atoms with Crippen LogP contribution in [0.15, 0.2) is 30.5 Å². The Bertz CT molecular complexity index is 644. The van der Waals surface area contributed by atoms with Crippen LogP contribution in [-0.2, 0) is 6.18 Å². The molecule has 5 nitrogen and oxygen atoms in total. The summed E-state index contributed by atoms with van der Waals surface area (Å²) in [4.78, 5) is 11.9. The number of hydrogen-bond acceptors (Lipinski definition) is 5. The van der Waals surface area contributed by atoms with Crippen LogP contribution in [0.2, 0.25) is 0 Å². The highest BCUT2D eigenvalue weighted by Gasteiger charge is 2.30. The van der Waals surface area contributed by atoms with Gasteiger partial charge in [0.15, 0.2) is 5.69 Å². The number of aliphatic hydroxyl groups excluding tert-OH is 1. The Morgan fingerprint density at radius 1 is 1.35 bits per heavy atom. The maximum atomic E-state index is 12.5. The number of amides is 1. The van der Waals surface area contributed by atoms with Crippen LogP contribution >= 0.6 is 11.7 Å². The Morgan fingerprint density at radius 2 is 2.00 bits per heavy atom. The molecule has 1 heterocycles. The highest BCUT2D eigenvalue weighted by Crippen LogP contribution is 2.30. The van der Waals surface area contributed by atoms with E-state index in [1.807, 2.05) is 0 Å². The van der Waals surface area contributed by atoms with Gasteiger partial charge in [0, 0.05) is 0 Å². The summed E-state index contributed by atoms with van der Waals surface area (Å²) in [5.41, 5.74) is -0.367. The lowest BCUT2D eigenvalue weighted by atomic mass is 9.99. The third-order valence-corrected chi connectivity index (χ3v) is 3.79. The first-order valence-electron chi connectivity index (χ1n) is 6.76. The molecule has 23 heavy (non-hydrogen) atoms. The zero-order chi connectivity index (χ0) is 17.0. The first kappa shape index (κ1) is 17.4. The molecular formula is C14H14F3N3O2S. The predicted molar refractivity (Wildman–Crippen MR) is 77.9 cm³/mol. The van der Waals surface area contributed by atoms with E-state index in [4.69, 9.17) is 0 Å². The molecular weight excluding hydrogens is 331 g/mol. The van der Waals surface area contributed by atoms with Crippen LogP contribution in [-0.4, -0.2) is 25.8 Å². The van der Waals surface area contributed by atoms with Gasteiger partial charge in [-0.2, -0.15) is 21.9 Å². The van der Waals surface area contributed by atoms with Crippen molar-refractivity contribution in [3.05, 3.63) is 47.3 Å². The van der Waals surface area contributed by atoms with Crippen LogP contribution in [0.25, 0.3) is 0 Å². The van der Waals surface area contributed by atoms with Crippen molar-refractivity contribution in [2.24, 2.45) is 0 Å². The van der Waals surface area contributed by atoms with Crippen LogP contribution in [0.5, 0.6) is 0 Å². The predicted octanol–water partition coefficient (Wildman–Crippen LogP) is 2.80. The van der Waals surface area contributed by atoms with Gasteiger partial charge in [0.2, 0.25) is 0 Å². The second-order valence-electron chi connectivity index (χ2n) is 4.85. The Labute approximate surface area is 134 Å². The van der Waals surface area contributed by atoms with Gasteiger partial charge in [-0.3, -0.25) is 4.79 Å². The standard InChI is InChI=1S/C14H14F3N3O2S/c1-2-10(19-13(22)11-7-18-23-20-11)12(21)8-3-5-9(6-4-8)14(15,16)17/h3-7,10,12,21H,2H2,1H3,(H,19,22). The SMILES string of the molecule is CCC(NC(=O)c1cnsn1)C(O)c1ccc(C(F)(F)F)cc1. The zero-order valence-electron chi connectivity index (χ0n) is 12.0. The van der Waals surface area contributed by atoms with Gasteiger partial charge < -0.3 is 10.4 Å². The molecule has 0 fully saturated rings. The molecule has 2 rings (SSSR count). The summed E-state index contributed by atoms with van der Waals surface area (Å²) in [5.74, 6) is -0.489. The molecule has 124 valence electrons. The zero-order valence-corrected chi connectivity index (χ0v) is 12.9. The van der Waals surface area contributed by atoms with Gasteiger partial charge in [0.1, 0.15) is 0 Å². The Kier molecular flexibility index (Phi) is 5.32. The number of hydrogen-bond donors (Lipinski definition) is 2. The summed E-state index contributed by atoms with van der Waals surface area (Å²) >= 11 is 0.881. The summed E-state index contributed by atoms with van der Waals surface area (Å²) in [6.45, 7) is 1.75. The molecule has 2 atom stereocenters. The normalized spacial score (nSPS) is 14.3. The third kappa shape index (κ3) is 4.26. The van der Waals surface area contributed by atoms with E-state index in [9.17, 15) is 23.1 Å². The van der Waals surface area contributed by atoms with E-state index in [-0.39, 0.29) is 5.69 Å². The molecule has 2 unspecified atom stereocenters. The third-order valence-electron chi connectivity index (χ3n) is 3.31. The number of aromatic nitrogens is 2. The summed E-state index contributed by atoms with van der Waals surface area (Å²) < 4.78 is 45.1. The highest BCUT2D eigenvalue weighted by molar-refractivity contribution is 6.99. The van der Waals surface area contributed by atoms with Gasteiger partial charge in [-0.15, -0.1) is 0 Å². The molecule has 1 amide bonds. The van der Waals surface area contributed by atoms with Gasteiger partial charge in [-0.05, 0) is 24.1 Å². The molecule has 0 radical (unpaired) electrons. The Morgan fingerprint density at radius 3 is 2.48 bits per heavy atom. The fraction of sp³-hybridized carbons (Fsp3) is 0.357. The Balaban J connectivity index is 2.10. The Hall–Kier alpha value is -2.00. The molecule has 2 N–H and O–H groups in total. The molecule has 0 aliphatic rings. The molecule has 0 aliphatic heterocycles. The van der Waals surface area contributed by atoms with Crippen molar-refractivity contribution in [1.82, 2.24) is 14.1 Å². The maximum absolute atomic E-state index is 12.5. The van der Waals surface area contributed by atoms with Crippen LogP contribution < -0.4 is 5.32 Å². The summed E-state index contributed by atoms with van der Waals surface area (Å²) in [5, 5.41) is 12.9. The van der Waals surface area contributed by atoms with E-state index in [0.29, 0.717) is 12.0 Å². The quantitative estimate of drug-likeness (QED) is 0.874. The van der Waals surface area contributed by atoms with E-state index in [0.717, 1.165) is 23.9 Å². The van der Waals surface area contributed by atoms with Crippen molar-refractivity contribution in [2.45, 2.75) is 31.7 Å². The average molecular weight is 345 g/mol. The summed E-state index contributed by atoms with van der Waals surface area (Å²) in [7, 11) is 0. The second-order valence-corrected chi connectivity index (χ2v) is 5.40. The van der Waals surface area contributed by atoms with Crippen molar-refractivity contribution in [3.8, 4) is 0 Å². The highest BCUT2D eigenvalue weighted by atomic mass is 32.1. The second kappa shape index (κ2) is 7.05. The van der Waals surface area contributed by atoms with Crippen molar-refractivity contribution in [3.63, 3.8) is 0 Å². The summed E-state index contributed by atoms with van der Waals surface area (Å²) in [6.07, 6.45) is -3.86. The van der Waals surface area contributed by atoms with Crippen molar-refractivity contribution in [2.75, 3.05) is 0 Å². The molecule has 0 aliphatic carbocycles. The van der Waals surface area contributed by atoms with E-state index in [2.05, 4.69) is 14.1 Å². The lowest BCUT2D eigenvalue weighted by Gasteiger charge is -2.23. The number of aliphatic hydroxyl groups is 1. The maximum Gasteiger partial charge on any atom is 0.416 e. The molecule has 0 bridgehead atoms. The fourth-order valence-corrected chi connectivity index (χ4v) is 2.43. The number of rotatable bonds is 5. The minimum absolute atomic E-state index is 0.132. The van der Waals surface area contributed by atoms with Gasteiger partial charge in [-0.25, -0.2) is 0 Å². The molecule has 2 aromatic rings. The van der Waals surface area contributed by atoms with Crippen LogP contribution in [0.4, 0.5) is 13.2 Å². The van der Waals surface area contributed by atoms with Crippen LogP contribution in [0.3, 0.4) is 0 Å². The molecule has 9 heteroatoms. The molecule has 0 saturated heterocycles. The van der Waals surface area contributed by atoms with Crippen molar-refractivity contribution >= 4 is 17.6 Å². The van der Waals surface area contributed by atoms with Gasteiger partial charge in [0.05, 0.1) is 35.6 Å². The number of nitrogens with zero attached hydrogens (tertiary/aromatic N) is 2. The number of alkyl halides is 3. The van der Waals surface area contributed by atoms with Crippen LogP contribution in [0.1, 0.15) is 41.1 Å². The number of halogens is 3. The van der Waals surface area contributed by atoms with Gasteiger partial charge >= 0.3 is 6.18 Å². The first-order valence-corrected chi connectivity index (χ1v) is 7.49. The average Bonchev–Trinajstić information content (AvgIpc) is 3.05. The fourth-order valence-electron chi connectivity index (χ4n) is 2.01. The van der Waals surface area contributed by atoms with E-state index in [1.165, 1.54) is 18.3 Å². The van der Waals surface area contributed by atoms with E-state index in [1.54, 1.807) is 6.92 Å². The lowest BCUT2D eigenvalue weighted by Crippen LogP contribution is -2.39. The van der Waals surface area contributed by atoms with Crippen molar-refractivity contribution in [1.29, 1.82) is 0 Å². The lowest BCUT2D eigenvalue weighted by molar-refractivity contribution is -0.137. The van der Waals surface area contributed by atoms with Crippen LogP contribution in [0, 0.1) is 0 Å². The monoisotopic (exact) mass is 345 g/mol. The molecule has 1 aromatic carbocycles.